The first-order valence-corrected chi connectivity index (χ1v) is 11.2. The topological polar surface area (TPSA) is 92.7 Å². The molecule has 0 bridgehead atoms. The number of methoxy groups -OCH3 is 1. The number of benzene rings is 1. The summed E-state index contributed by atoms with van der Waals surface area (Å²) in [5.74, 6) is 1.92. The Bertz CT molecular complexity index is 1120. The van der Waals surface area contributed by atoms with Crippen LogP contribution in [0.4, 0.5) is 22.2 Å². The molecule has 0 spiro atoms. The third-order valence-corrected chi connectivity index (χ3v) is 5.29. The van der Waals surface area contributed by atoms with E-state index in [2.05, 4.69) is 25.2 Å². The smallest absolute Gasteiger partial charge is 0.410 e. The van der Waals surface area contributed by atoms with Gasteiger partial charge in [0.25, 0.3) is 0 Å². The summed E-state index contributed by atoms with van der Waals surface area (Å²) in [6, 6.07) is 13.8. The van der Waals surface area contributed by atoms with Gasteiger partial charge >= 0.3 is 6.09 Å². The number of rotatable bonds is 5. The first kappa shape index (κ1) is 23.3. The fraction of sp³-hybridized carbons (Fsp3) is 0.360. The SMILES string of the molecule is COc1cc(-c2ccc(Nc3ccnc(N4CCN(C(=O)OC(C)(C)C)CC4)n3)cc2)ccn1. The number of amides is 1. The molecule has 1 amide bonds. The molecule has 0 aliphatic carbocycles. The second-order valence-electron chi connectivity index (χ2n) is 8.99. The van der Waals surface area contributed by atoms with Gasteiger partial charge in [-0.05, 0) is 56.2 Å². The maximum Gasteiger partial charge on any atom is 0.410 e. The highest BCUT2D eigenvalue weighted by Crippen LogP contribution is 2.25. The van der Waals surface area contributed by atoms with Gasteiger partial charge in [-0.15, -0.1) is 0 Å². The molecular formula is C25H30N6O3. The molecule has 178 valence electrons. The molecule has 1 fully saturated rings. The highest BCUT2D eigenvalue weighted by atomic mass is 16.6. The average Bonchev–Trinajstić information content (AvgIpc) is 2.84. The molecule has 9 heteroatoms. The zero-order chi connectivity index (χ0) is 24.1. The van der Waals surface area contributed by atoms with E-state index in [-0.39, 0.29) is 6.09 Å². The van der Waals surface area contributed by atoms with Gasteiger partial charge in [-0.2, -0.15) is 4.98 Å². The van der Waals surface area contributed by atoms with Gasteiger partial charge in [0.05, 0.1) is 7.11 Å². The Morgan fingerprint density at radius 2 is 1.65 bits per heavy atom. The fourth-order valence-electron chi connectivity index (χ4n) is 3.58. The Balaban J connectivity index is 1.37. The minimum Gasteiger partial charge on any atom is -0.481 e. The second kappa shape index (κ2) is 9.94. The number of pyridine rings is 1. The van der Waals surface area contributed by atoms with Crippen molar-refractivity contribution in [2.24, 2.45) is 0 Å². The van der Waals surface area contributed by atoms with E-state index in [4.69, 9.17) is 9.47 Å². The van der Waals surface area contributed by atoms with Crippen LogP contribution in [0.25, 0.3) is 11.1 Å². The number of carbonyl (C=O) groups excluding carboxylic acids is 1. The van der Waals surface area contributed by atoms with Gasteiger partial charge in [-0.25, -0.2) is 14.8 Å². The molecule has 1 N–H and O–H groups in total. The zero-order valence-electron chi connectivity index (χ0n) is 20.0. The van der Waals surface area contributed by atoms with E-state index in [1.165, 1.54) is 0 Å². The maximum atomic E-state index is 12.3. The number of nitrogens with zero attached hydrogens (tertiary/aromatic N) is 5. The molecule has 0 atom stereocenters. The molecule has 0 unspecified atom stereocenters. The monoisotopic (exact) mass is 462 g/mol. The summed E-state index contributed by atoms with van der Waals surface area (Å²) < 4.78 is 10.7. The minimum absolute atomic E-state index is 0.280. The first-order chi connectivity index (χ1) is 16.3. The lowest BCUT2D eigenvalue weighted by Crippen LogP contribution is -2.50. The van der Waals surface area contributed by atoms with Crippen molar-refractivity contribution in [1.82, 2.24) is 19.9 Å². The van der Waals surface area contributed by atoms with Crippen LogP contribution in [0.1, 0.15) is 20.8 Å². The summed E-state index contributed by atoms with van der Waals surface area (Å²) in [6.45, 7) is 8.04. The van der Waals surface area contributed by atoms with Crippen LogP contribution in [-0.2, 0) is 4.74 Å². The molecular weight excluding hydrogens is 432 g/mol. The summed E-state index contributed by atoms with van der Waals surface area (Å²) in [4.78, 5) is 29.3. The quantitative estimate of drug-likeness (QED) is 0.598. The van der Waals surface area contributed by atoms with Gasteiger partial charge in [0, 0.05) is 50.3 Å². The Morgan fingerprint density at radius 3 is 2.32 bits per heavy atom. The van der Waals surface area contributed by atoms with Crippen molar-refractivity contribution >= 4 is 23.5 Å². The summed E-state index contributed by atoms with van der Waals surface area (Å²) in [7, 11) is 1.61. The zero-order valence-corrected chi connectivity index (χ0v) is 20.0. The molecule has 1 aliphatic heterocycles. The molecule has 1 saturated heterocycles. The van der Waals surface area contributed by atoms with Crippen molar-refractivity contribution in [3.05, 3.63) is 54.9 Å². The molecule has 4 rings (SSSR count). The number of nitrogens with one attached hydrogen (secondary N) is 1. The predicted octanol–water partition coefficient (Wildman–Crippen LogP) is 4.35. The van der Waals surface area contributed by atoms with Crippen LogP contribution in [0.15, 0.2) is 54.9 Å². The molecule has 3 aromatic rings. The summed E-state index contributed by atoms with van der Waals surface area (Å²) in [5.41, 5.74) is 2.52. The molecule has 2 aromatic heterocycles. The van der Waals surface area contributed by atoms with E-state index in [1.54, 1.807) is 24.4 Å². The van der Waals surface area contributed by atoms with Crippen LogP contribution in [0.3, 0.4) is 0 Å². The molecule has 3 heterocycles. The van der Waals surface area contributed by atoms with E-state index in [0.717, 1.165) is 16.8 Å². The second-order valence-corrected chi connectivity index (χ2v) is 8.99. The van der Waals surface area contributed by atoms with Crippen LogP contribution in [0.2, 0.25) is 0 Å². The van der Waals surface area contributed by atoms with Gasteiger partial charge in [-0.1, -0.05) is 12.1 Å². The van der Waals surface area contributed by atoms with E-state index >= 15 is 0 Å². The Kier molecular flexibility index (Phi) is 6.81. The largest absolute Gasteiger partial charge is 0.481 e. The molecule has 0 saturated carbocycles. The van der Waals surface area contributed by atoms with Crippen LogP contribution in [0, 0.1) is 0 Å². The number of piperazine rings is 1. The number of aromatic nitrogens is 3. The average molecular weight is 463 g/mol. The van der Waals surface area contributed by atoms with Crippen molar-refractivity contribution < 1.29 is 14.3 Å². The maximum absolute atomic E-state index is 12.3. The third kappa shape index (κ3) is 5.92. The van der Waals surface area contributed by atoms with Gasteiger partial charge in [0.2, 0.25) is 11.8 Å². The van der Waals surface area contributed by atoms with Crippen molar-refractivity contribution in [3.8, 4) is 17.0 Å². The predicted molar refractivity (Wildman–Crippen MR) is 132 cm³/mol. The van der Waals surface area contributed by atoms with E-state index in [9.17, 15) is 4.79 Å². The Hall–Kier alpha value is -3.88. The van der Waals surface area contributed by atoms with Crippen molar-refractivity contribution in [3.63, 3.8) is 0 Å². The van der Waals surface area contributed by atoms with Gasteiger partial charge in [0.1, 0.15) is 11.4 Å². The van der Waals surface area contributed by atoms with Gasteiger partial charge in [0.15, 0.2) is 0 Å². The standard InChI is InChI=1S/C25H30N6O3/c1-25(2,3)34-24(32)31-15-13-30(14-16-31)23-27-12-10-21(29-23)28-20-7-5-18(6-8-20)19-9-11-26-22(17-19)33-4/h5-12,17H,13-16H2,1-4H3,(H,27,28,29). The molecule has 0 radical (unpaired) electrons. The summed E-state index contributed by atoms with van der Waals surface area (Å²) in [6.07, 6.45) is 3.19. The van der Waals surface area contributed by atoms with Crippen LogP contribution >= 0.6 is 0 Å². The van der Waals surface area contributed by atoms with E-state index in [0.29, 0.717) is 43.8 Å². The number of hydrogen-bond donors (Lipinski definition) is 1. The fourth-order valence-corrected chi connectivity index (χ4v) is 3.58. The molecule has 1 aliphatic rings. The Labute approximate surface area is 199 Å². The van der Waals surface area contributed by atoms with Crippen LogP contribution in [0.5, 0.6) is 5.88 Å². The summed E-state index contributed by atoms with van der Waals surface area (Å²) in [5, 5.41) is 3.34. The Morgan fingerprint density at radius 1 is 0.941 bits per heavy atom. The third-order valence-electron chi connectivity index (χ3n) is 5.29. The number of hydrogen-bond acceptors (Lipinski definition) is 8. The normalized spacial score (nSPS) is 14.0. The minimum atomic E-state index is -0.499. The van der Waals surface area contributed by atoms with Crippen molar-refractivity contribution in [1.29, 1.82) is 0 Å². The number of anilines is 3. The van der Waals surface area contributed by atoms with E-state index < -0.39 is 5.60 Å². The van der Waals surface area contributed by atoms with E-state index in [1.807, 2.05) is 63.2 Å². The van der Waals surface area contributed by atoms with Crippen LogP contribution < -0.4 is 15.0 Å². The van der Waals surface area contributed by atoms with Crippen molar-refractivity contribution in [2.45, 2.75) is 26.4 Å². The number of carbonyl (C=O) groups is 1. The van der Waals surface area contributed by atoms with Gasteiger partial charge < -0.3 is 24.6 Å². The summed E-state index contributed by atoms with van der Waals surface area (Å²) >= 11 is 0. The lowest BCUT2D eigenvalue weighted by atomic mass is 10.1. The number of ether oxygens (including phenoxy) is 2. The van der Waals surface area contributed by atoms with Crippen molar-refractivity contribution in [2.75, 3.05) is 43.5 Å². The lowest BCUT2D eigenvalue weighted by Gasteiger charge is -2.35. The van der Waals surface area contributed by atoms with Crippen LogP contribution in [-0.4, -0.2) is 64.8 Å². The molecule has 34 heavy (non-hydrogen) atoms. The highest BCUT2D eigenvalue weighted by Gasteiger charge is 2.26. The highest BCUT2D eigenvalue weighted by molar-refractivity contribution is 5.69. The first-order valence-electron chi connectivity index (χ1n) is 11.2. The lowest BCUT2D eigenvalue weighted by molar-refractivity contribution is 0.0240. The van der Waals surface area contributed by atoms with Gasteiger partial charge in [-0.3, -0.25) is 0 Å². The molecule has 9 nitrogen and oxygen atoms in total. The molecule has 1 aromatic carbocycles.